The molecule has 0 radical (unpaired) electrons. The molecule has 4 heterocycles. The normalized spacial score (nSPS) is 15.0. The molecule has 1 aliphatic heterocycles. The van der Waals surface area contributed by atoms with E-state index in [-0.39, 0.29) is 17.7 Å². The van der Waals surface area contributed by atoms with Crippen molar-refractivity contribution in [3.63, 3.8) is 0 Å². The Morgan fingerprint density at radius 3 is 2.74 bits per heavy atom. The molecule has 1 atom stereocenters. The molecular formula is C30H23BrN4O5S2. The summed E-state index contributed by atoms with van der Waals surface area (Å²) in [5, 5.41) is 2.89. The Kier molecular flexibility index (Phi) is 7.84. The number of nitrogens with zero attached hydrogens (tertiary/aromatic N) is 4. The van der Waals surface area contributed by atoms with Gasteiger partial charge in [-0.25, -0.2) is 19.8 Å². The van der Waals surface area contributed by atoms with Gasteiger partial charge in [-0.1, -0.05) is 41.7 Å². The molecule has 2 aromatic carbocycles. The van der Waals surface area contributed by atoms with Gasteiger partial charge >= 0.3 is 5.97 Å². The van der Waals surface area contributed by atoms with E-state index in [9.17, 15) is 9.59 Å². The van der Waals surface area contributed by atoms with Gasteiger partial charge in [0.1, 0.15) is 17.6 Å². The Balaban J connectivity index is 1.55. The average molecular weight is 664 g/mol. The molecule has 42 heavy (non-hydrogen) atoms. The van der Waals surface area contributed by atoms with Gasteiger partial charge in [0.25, 0.3) is 5.56 Å². The van der Waals surface area contributed by atoms with Crippen LogP contribution in [0.5, 0.6) is 5.75 Å². The summed E-state index contributed by atoms with van der Waals surface area (Å²) in [6.45, 7) is 3.68. The first kappa shape index (κ1) is 28.1. The second kappa shape index (κ2) is 11.7. The van der Waals surface area contributed by atoms with Crippen molar-refractivity contribution < 1.29 is 18.7 Å². The summed E-state index contributed by atoms with van der Waals surface area (Å²) in [6.07, 6.45) is 4.98. The van der Waals surface area contributed by atoms with Crippen molar-refractivity contribution in [1.82, 2.24) is 14.5 Å². The highest BCUT2D eigenvalue weighted by Gasteiger charge is 2.36. The van der Waals surface area contributed by atoms with E-state index in [2.05, 4.69) is 30.9 Å². The molecule has 12 heteroatoms. The van der Waals surface area contributed by atoms with Crippen molar-refractivity contribution in [3.05, 3.63) is 108 Å². The fourth-order valence-electron chi connectivity index (χ4n) is 4.86. The van der Waals surface area contributed by atoms with E-state index in [1.165, 1.54) is 23.1 Å². The zero-order valence-electron chi connectivity index (χ0n) is 22.7. The van der Waals surface area contributed by atoms with Crippen molar-refractivity contribution in [2.75, 3.05) is 13.7 Å². The number of hydrogen-bond acceptors (Lipinski definition) is 10. The third-order valence-electron chi connectivity index (χ3n) is 6.62. The first-order chi connectivity index (χ1) is 20.4. The summed E-state index contributed by atoms with van der Waals surface area (Å²) >= 11 is 6.01. The highest BCUT2D eigenvalue weighted by Crippen LogP contribution is 2.40. The Morgan fingerprint density at radius 1 is 1.19 bits per heavy atom. The van der Waals surface area contributed by atoms with Crippen LogP contribution in [-0.2, 0) is 9.53 Å². The smallest absolute Gasteiger partial charge is 0.338 e. The summed E-state index contributed by atoms with van der Waals surface area (Å²) < 4.78 is 19.9. The van der Waals surface area contributed by atoms with Gasteiger partial charge in [0.2, 0.25) is 0 Å². The Bertz CT molecular complexity index is 2050. The topological polar surface area (TPSA) is 109 Å². The maximum absolute atomic E-state index is 14.1. The SMILES string of the molecule is CCOC(=O)C1=C(C)N=c2s/c(=C/c3cc(Br)c(Sc4ncccn4)o3)c(=O)n2[C@@H]1c1c(OC)ccc2ccccc12. The molecule has 6 rings (SSSR count). The number of aromatic nitrogens is 3. The van der Waals surface area contributed by atoms with E-state index in [0.717, 1.165) is 10.8 Å². The number of methoxy groups -OCH3 is 1. The molecule has 9 nitrogen and oxygen atoms in total. The van der Waals surface area contributed by atoms with Crippen LogP contribution in [0.25, 0.3) is 16.8 Å². The molecule has 3 aromatic heterocycles. The van der Waals surface area contributed by atoms with Gasteiger partial charge in [-0.05, 0) is 70.5 Å². The van der Waals surface area contributed by atoms with Gasteiger partial charge in [0.05, 0.1) is 34.0 Å². The minimum atomic E-state index is -0.826. The van der Waals surface area contributed by atoms with Crippen LogP contribution in [0.1, 0.15) is 31.2 Å². The third kappa shape index (κ3) is 5.10. The number of thiazole rings is 1. The molecule has 1 aliphatic rings. The number of esters is 1. The van der Waals surface area contributed by atoms with Crippen LogP contribution in [0.15, 0.2) is 101 Å². The average Bonchev–Trinajstić information content (AvgIpc) is 3.49. The number of ether oxygens (including phenoxy) is 2. The Hall–Kier alpha value is -4.00. The zero-order chi connectivity index (χ0) is 29.4. The van der Waals surface area contributed by atoms with Crippen molar-refractivity contribution in [3.8, 4) is 5.75 Å². The van der Waals surface area contributed by atoms with E-state index in [4.69, 9.17) is 13.9 Å². The van der Waals surface area contributed by atoms with Gasteiger partial charge in [0.15, 0.2) is 15.1 Å². The molecule has 0 aliphatic carbocycles. The van der Waals surface area contributed by atoms with Crippen LogP contribution in [-0.4, -0.2) is 34.2 Å². The molecule has 0 unspecified atom stereocenters. The summed E-state index contributed by atoms with van der Waals surface area (Å²) in [5.41, 5.74) is 1.13. The lowest BCUT2D eigenvalue weighted by molar-refractivity contribution is -0.139. The number of hydrogen-bond donors (Lipinski definition) is 0. The van der Waals surface area contributed by atoms with E-state index in [1.54, 1.807) is 56.1 Å². The number of carbonyl (C=O) groups excluding carboxylic acids is 1. The number of carbonyl (C=O) groups is 1. The number of fused-ring (bicyclic) bond motifs is 2. The summed E-state index contributed by atoms with van der Waals surface area (Å²) in [4.78, 5) is 41.1. The quantitative estimate of drug-likeness (QED) is 0.172. The summed E-state index contributed by atoms with van der Waals surface area (Å²) in [6, 6.07) is 14.3. The first-order valence-electron chi connectivity index (χ1n) is 12.9. The van der Waals surface area contributed by atoms with Gasteiger partial charge in [-0.3, -0.25) is 9.36 Å². The number of halogens is 1. The number of allylic oxidation sites excluding steroid dienone is 1. The molecule has 5 aromatic rings. The van der Waals surface area contributed by atoms with Crippen LogP contribution < -0.4 is 19.6 Å². The van der Waals surface area contributed by atoms with E-state index < -0.39 is 12.0 Å². The molecule has 0 saturated heterocycles. The predicted octanol–water partition coefficient (Wildman–Crippen LogP) is 5.26. The lowest BCUT2D eigenvalue weighted by atomic mass is 9.90. The van der Waals surface area contributed by atoms with Crippen LogP contribution in [0.3, 0.4) is 0 Å². The minimum Gasteiger partial charge on any atom is -0.496 e. The number of rotatable bonds is 7. The van der Waals surface area contributed by atoms with E-state index in [1.807, 2.05) is 36.4 Å². The third-order valence-corrected chi connectivity index (χ3v) is 9.33. The van der Waals surface area contributed by atoms with Gasteiger partial charge < -0.3 is 13.9 Å². The summed E-state index contributed by atoms with van der Waals surface area (Å²) in [5.74, 6) is 0.475. The monoisotopic (exact) mass is 662 g/mol. The first-order valence-corrected chi connectivity index (χ1v) is 15.3. The minimum absolute atomic E-state index is 0.182. The van der Waals surface area contributed by atoms with Crippen LogP contribution in [0, 0.1) is 0 Å². The van der Waals surface area contributed by atoms with Crippen molar-refractivity contribution >= 4 is 61.8 Å². The van der Waals surface area contributed by atoms with Crippen LogP contribution >= 0.6 is 39.0 Å². The zero-order valence-corrected chi connectivity index (χ0v) is 25.9. The molecule has 0 saturated carbocycles. The fourth-order valence-corrected chi connectivity index (χ4v) is 7.12. The molecule has 0 fully saturated rings. The summed E-state index contributed by atoms with van der Waals surface area (Å²) in [7, 11) is 1.57. The van der Waals surface area contributed by atoms with Gasteiger partial charge in [-0.2, -0.15) is 0 Å². The van der Waals surface area contributed by atoms with Crippen molar-refractivity contribution in [2.45, 2.75) is 30.1 Å². The number of furan rings is 1. The molecular weight excluding hydrogens is 640 g/mol. The molecule has 0 spiro atoms. The molecule has 212 valence electrons. The van der Waals surface area contributed by atoms with E-state index >= 15 is 0 Å². The van der Waals surface area contributed by atoms with Gasteiger partial charge in [0, 0.05) is 24.0 Å². The predicted molar refractivity (Wildman–Crippen MR) is 163 cm³/mol. The van der Waals surface area contributed by atoms with Crippen molar-refractivity contribution in [1.29, 1.82) is 0 Å². The van der Waals surface area contributed by atoms with Gasteiger partial charge in [-0.15, -0.1) is 0 Å². The molecule has 0 N–H and O–H groups in total. The second-order valence-electron chi connectivity index (χ2n) is 9.12. The lowest BCUT2D eigenvalue weighted by Gasteiger charge is -2.27. The molecule has 0 bridgehead atoms. The highest BCUT2D eigenvalue weighted by atomic mass is 79.9. The van der Waals surface area contributed by atoms with Crippen LogP contribution in [0.2, 0.25) is 0 Å². The van der Waals surface area contributed by atoms with Crippen molar-refractivity contribution in [2.24, 2.45) is 4.99 Å². The highest BCUT2D eigenvalue weighted by molar-refractivity contribution is 9.10. The van der Waals surface area contributed by atoms with E-state index in [0.29, 0.717) is 46.8 Å². The standard InChI is InChI=1S/C30H23BrN4O5S2/c1-4-39-27(37)23-16(2)34-30-35(25(23)24-19-9-6-5-8-17(19)10-11-21(24)38-3)26(36)22(41-30)15-18-14-20(31)28(40-18)42-29-32-12-7-13-33-29/h5-15,25H,4H2,1-3H3/b22-15+/t25-/m0/s1. The van der Waals surface area contributed by atoms with Crippen LogP contribution in [0.4, 0.5) is 0 Å². The largest absolute Gasteiger partial charge is 0.496 e. The lowest BCUT2D eigenvalue weighted by Crippen LogP contribution is -2.40. The Labute approximate surface area is 256 Å². The fraction of sp³-hybridized carbons (Fsp3) is 0.167. The molecule has 0 amide bonds. The Morgan fingerprint density at radius 2 is 1.98 bits per heavy atom. The number of benzene rings is 2. The maximum Gasteiger partial charge on any atom is 0.338 e. The maximum atomic E-state index is 14.1. The second-order valence-corrected chi connectivity index (χ2v) is 11.9.